The number of rotatable bonds is 10. The summed E-state index contributed by atoms with van der Waals surface area (Å²) < 4.78 is 7.37. The smallest absolute Gasteiger partial charge is 0.238 e. The Balaban J connectivity index is 1.56. The van der Waals surface area contributed by atoms with Crippen LogP contribution in [0.2, 0.25) is 0 Å². The van der Waals surface area contributed by atoms with Crippen LogP contribution in [0.15, 0.2) is 47.8 Å². The molecule has 0 fully saturated rings. The van der Waals surface area contributed by atoms with E-state index in [0.717, 1.165) is 29.9 Å². The fourth-order valence-corrected chi connectivity index (χ4v) is 4.34. The van der Waals surface area contributed by atoms with Gasteiger partial charge in [-0.3, -0.25) is 14.5 Å². The molecule has 6 nitrogen and oxygen atoms in total. The van der Waals surface area contributed by atoms with Gasteiger partial charge in [0.15, 0.2) is 5.78 Å². The van der Waals surface area contributed by atoms with Crippen LogP contribution in [0.25, 0.3) is 0 Å². The molecule has 31 heavy (non-hydrogen) atoms. The van der Waals surface area contributed by atoms with Gasteiger partial charge in [-0.05, 0) is 57.0 Å². The van der Waals surface area contributed by atoms with Crippen LogP contribution in [0.5, 0.6) is 5.75 Å². The number of hydrogen-bond acceptors (Lipinski definition) is 5. The lowest BCUT2D eigenvalue weighted by atomic mass is 10.1. The predicted molar refractivity (Wildman–Crippen MR) is 125 cm³/mol. The first-order valence-electron chi connectivity index (χ1n) is 10.2. The molecule has 0 aliphatic heterocycles. The molecule has 0 saturated carbocycles. The Bertz CT molecular complexity index is 1040. The molecule has 7 heteroatoms. The van der Waals surface area contributed by atoms with E-state index in [-0.39, 0.29) is 24.8 Å². The molecule has 2 heterocycles. The van der Waals surface area contributed by atoms with Crippen molar-refractivity contribution >= 4 is 28.7 Å². The van der Waals surface area contributed by atoms with Crippen molar-refractivity contribution in [2.75, 3.05) is 32.6 Å². The maximum absolute atomic E-state index is 12.9. The van der Waals surface area contributed by atoms with E-state index in [0.29, 0.717) is 11.4 Å². The fourth-order valence-electron chi connectivity index (χ4n) is 3.64. The molecular weight excluding hydrogens is 410 g/mol. The number of hydrogen-bond donors (Lipinski definition) is 1. The number of likely N-dealkylation sites (N-methyl/N-ethyl adjacent to an activating group) is 1. The Morgan fingerprint density at radius 3 is 2.65 bits per heavy atom. The number of amides is 1. The summed E-state index contributed by atoms with van der Waals surface area (Å²) in [7, 11) is 3.36. The summed E-state index contributed by atoms with van der Waals surface area (Å²) in [5, 5.41) is 4.92. The van der Waals surface area contributed by atoms with Crippen molar-refractivity contribution in [1.29, 1.82) is 0 Å². The lowest BCUT2D eigenvalue weighted by Gasteiger charge is -2.16. The van der Waals surface area contributed by atoms with E-state index in [1.165, 1.54) is 4.88 Å². The van der Waals surface area contributed by atoms with Gasteiger partial charge in [-0.25, -0.2) is 0 Å². The van der Waals surface area contributed by atoms with Crippen molar-refractivity contribution in [3.8, 4) is 5.75 Å². The third-order valence-corrected chi connectivity index (χ3v) is 6.15. The Morgan fingerprint density at radius 2 is 1.94 bits per heavy atom. The number of nitrogens with zero attached hydrogens (tertiary/aromatic N) is 2. The van der Waals surface area contributed by atoms with Crippen LogP contribution in [-0.4, -0.2) is 48.4 Å². The van der Waals surface area contributed by atoms with Crippen molar-refractivity contribution < 1.29 is 14.3 Å². The Morgan fingerprint density at radius 1 is 1.13 bits per heavy atom. The average molecular weight is 440 g/mol. The number of ketones is 1. The van der Waals surface area contributed by atoms with E-state index in [2.05, 4.69) is 27.4 Å². The number of aryl methyl sites for hydroxylation is 2. The second-order valence-corrected chi connectivity index (χ2v) is 8.67. The molecule has 0 aliphatic carbocycles. The first-order valence-corrected chi connectivity index (χ1v) is 11.1. The largest absolute Gasteiger partial charge is 0.497 e. The zero-order valence-corrected chi connectivity index (χ0v) is 19.3. The summed E-state index contributed by atoms with van der Waals surface area (Å²) in [6.45, 7) is 5.18. The second-order valence-electron chi connectivity index (χ2n) is 7.64. The van der Waals surface area contributed by atoms with Crippen LogP contribution in [0, 0.1) is 13.8 Å². The molecule has 3 aromatic rings. The average Bonchev–Trinajstić information content (AvgIpc) is 3.34. The summed E-state index contributed by atoms with van der Waals surface area (Å²) in [5.41, 5.74) is 3.45. The minimum Gasteiger partial charge on any atom is -0.497 e. The lowest BCUT2D eigenvalue weighted by Crippen LogP contribution is -2.34. The van der Waals surface area contributed by atoms with Gasteiger partial charge < -0.3 is 14.6 Å². The van der Waals surface area contributed by atoms with Crippen LogP contribution in [0.4, 0.5) is 5.69 Å². The zero-order chi connectivity index (χ0) is 22.4. The molecule has 0 radical (unpaired) electrons. The number of carbonyl (C=O) groups excluding carboxylic acids is 2. The Labute approximate surface area is 187 Å². The Hall–Kier alpha value is -2.90. The van der Waals surface area contributed by atoms with Crippen LogP contribution in [0.3, 0.4) is 0 Å². The van der Waals surface area contributed by atoms with E-state index >= 15 is 0 Å². The van der Waals surface area contributed by atoms with Crippen LogP contribution >= 0.6 is 11.3 Å². The van der Waals surface area contributed by atoms with Crippen LogP contribution in [0.1, 0.15) is 26.6 Å². The molecule has 1 aromatic carbocycles. The van der Waals surface area contributed by atoms with Gasteiger partial charge in [0.05, 0.1) is 20.2 Å². The van der Waals surface area contributed by atoms with E-state index in [9.17, 15) is 9.59 Å². The molecular formula is C24H29N3O3S. The standard InChI is InChI=1S/C24H29N3O3S/c1-17-13-22(18(2)27(17)11-10-21-9-6-12-31-21)23(28)15-26(3)16-24(29)25-19-7-5-8-20(14-19)30-4/h5-9,12-14H,10-11,15-16H2,1-4H3,(H,25,29). The van der Waals surface area contributed by atoms with Crippen molar-refractivity contribution in [3.05, 3.63) is 69.7 Å². The number of thiophene rings is 1. The number of nitrogens with one attached hydrogen (secondary N) is 1. The number of ether oxygens (including phenoxy) is 1. The maximum atomic E-state index is 12.9. The molecule has 0 unspecified atom stereocenters. The molecule has 0 atom stereocenters. The SMILES string of the molecule is COc1cccc(NC(=O)CN(C)CC(=O)c2cc(C)n(CCc3cccs3)c2C)c1. The number of Topliss-reactive ketones (excluding diaryl/α,β-unsaturated/α-hetero) is 1. The van der Waals surface area contributed by atoms with Gasteiger partial charge in [-0.1, -0.05) is 12.1 Å². The summed E-state index contributed by atoms with van der Waals surface area (Å²) in [6.07, 6.45) is 0.950. The summed E-state index contributed by atoms with van der Waals surface area (Å²) in [4.78, 5) is 28.3. The molecule has 0 spiro atoms. The maximum Gasteiger partial charge on any atom is 0.238 e. The highest BCUT2D eigenvalue weighted by Crippen LogP contribution is 2.19. The van der Waals surface area contributed by atoms with Crippen LogP contribution in [-0.2, 0) is 17.8 Å². The molecule has 0 bridgehead atoms. The first kappa shape index (κ1) is 22.8. The number of benzene rings is 1. The molecule has 1 amide bonds. The van der Waals surface area contributed by atoms with E-state index in [1.807, 2.05) is 32.0 Å². The highest BCUT2D eigenvalue weighted by molar-refractivity contribution is 7.09. The third-order valence-electron chi connectivity index (χ3n) is 5.22. The van der Waals surface area contributed by atoms with Crippen molar-refractivity contribution in [2.45, 2.75) is 26.8 Å². The highest BCUT2D eigenvalue weighted by atomic mass is 32.1. The van der Waals surface area contributed by atoms with Crippen molar-refractivity contribution in [2.24, 2.45) is 0 Å². The molecule has 164 valence electrons. The third kappa shape index (κ3) is 6.06. The van der Waals surface area contributed by atoms with Gasteiger partial charge in [0.25, 0.3) is 0 Å². The van der Waals surface area contributed by atoms with E-state index in [1.54, 1.807) is 42.5 Å². The van der Waals surface area contributed by atoms with Gasteiger partial charge in [0, 0.05) is 40.1 Å². The quantitative estimate of drug-likeness (QED) is 0.482. The Kier molecular flexibility index (Phi) is 7.65. The predicted octanol–water partition coefficient (Wildman–Crippen LogP) is 4.17. The molecule has 0 saturated heterocycles. The highest BCUT2D eigenvalue weighted by Gasteiger charge is 2.18. The van der Waals surface area contributed by atoms with Crippen molar-refractivity contribution in [1.82, 2.24) is 9.47 Å². The molecule has 1 N–H and O–H groups in total. The first-order chi connectivity index (χ1) is 14.9. The normalized spacial score (nSPS) is 11.0. The van der Waals surface area contributed by atoms with Crippen LogP contribution < -0.4 is 10.1 Å². The van der Waals surface area contributed by atoms with E-state index < -0.39 is 0 Å². The molecule has 3 rings (SSSR count). The second kappa shape index (κ2) is 10.4. The van der Waals surface area contributed by atoms with E-state index in [4.69, 9.17) is 4.74 Å². The van der Waals surface area contributed by atoms with Crippen molar-refractivity contribution in [3.63, 3.8) is 0 Å². The van der Waals surface area contributed by atoms with Gasteiger partial charge in [-0.15, -0.1) is 11.3 Å². The molecule has 2 aromatic heterocycles. The lowest BCUT2D eigenvalue weighted by molar-refractivity contribution is -0.116. The molecule has 0 aliphatic rings. The summed E-state index contributed by atoms with van der Waals surface area (Å²) in [5.74, 6) is 0.521. The monoisotopic (exact) mass is 439 g/mol. The number of aromatic nitrogens is 1. The minimum atomic E-state index is -0.176. The van der Waals surface area contributed by atoms with Gasteiger partial charge in [-0.2, -0.15) is 0 Å². The van der Waals surface area contributed by atoms with Gasteiger partial charge in [0.2, 0.25) is 5.91 Å². The number of methoxy groups -OCH3 is 1. The summed E-state index contributed by atoms with van der Waals surface area (Å²) in [6, 6.07) is 13.3. The summed E-state index contributed by atoms with van der Waals surface area (Å²) >= 11 is 1.75. The van der Waals surface area contributed by atoms with Gasteiger partial charge >= 0.3 is 0 Å². The fraction of sp³-hybridized carbons (Fsp3) is 0.333. The number of carbonyl (C=O) groups is 2. The zero-order valence-electron chi connectivity index (χ0n) is 18.5. The topological polar surface area (TPSA) is 63.6 Å². The van der Waals surface area contributed by atoms with Gasteiger partial charge in [0.1, 0.15) is 5.75 Å². The number of anilines is 1. The minimum absolute atomic E-state index is 0.0205.